The Morgan fingerprint density at radius 1 is 1.23 bits per heavy atom. The fourth-order valence-corrected chi connectivity index (χ4v) is 1.23. The second-order valence-corrected chi connectivity index (χ2v) is 3.36. The summed E-state index contributed by atoms with van der Waals surface area (Å²) in [6.07, 6.45) is 2.74. The van der Waals surface area contributed by atoms with Gasteiger partial charge in [-0.05, 0) is 18.1 Å². The minimum atomic E-state index is -0.134. The molecule has 0 heterocycles. The van der Waals surface area contributed by atoms with Crippen LogP contribution < -0.4 is 5.73 Å². The molecule has 1 aliphatic carbocycles. The molecule has 0 radical (unpaired) electrons. The molecule has 0 aromatic carbocycles. The summed E-state index contributed by atoms with van der Waals surface area (Å²) in [5.74, 6) is -0.132. The average Bonchev–Trinajstić information content (AvgIpc) is 2.07. The first-order valence-electron chi connectivity index (χ1n) is 4.27. The molecule has 70 valence electrons. The summed E-state index contributed by atoms with van der Waals surface area (Å²) in [4.78, 5) is 22.7. The van der Waals surface area contributed by atoms with Gasteiger partial charge in [0.05, 0.1) is 0 Å². The zero-order chi connectivity index (χ0) is 10.0. The lowest BCUT2D eigenvalue weighted by molar-refractivity contribution is -0.115. The van der Waals surface area contributed by atoms with Gasteiger partial charge in [-0.1, -0.05) is 13.8 Å². The predicted octanol–water partition coefficient (Wildman–Crippen LogP) is 0.606. The number of hydrogen-bond donors (Lipinski definition) is 1. The van der Waals surface area contributed by atoms with Gasteiger partial charge < -0.3 is 5.73 Å². The van der Waals surface area contributed by atoms with Crippen molar-refractivity contribution < 1.29 is 9.59 Å². The Balaban J connectivity index is 2.98. The van der Waals surface area contributed by atoms with Gasteiger partial charge in [0.1, 0.15) is 0 Å². The second-order valence-electron chi connectivity index (χ2n) is 3.36. The van der Waals surface area contributed by atoms with E-state index in [9.17, 15) is 9.59 Å². The molecule has 0 fully saturated rings. The SMILES string of the molecule is CC(C)C1=CC(=O)C(CN)=CC1=O. The molecule has 0 saturated heterocycles. The summed E-state index contributed by atoms with van der Waals surface area (Å²) in [6, 6.07) is 0. The first-order chi connectivity index (χ1) is 6.06. The summed E-state index contributed by atoms with van der Waals surface area (Å²) in [7, 11) is 0. The van der Waals surface area contributed by atoms with Crippen molar-refractivity contribution >= 4 is 11.6 Å². The maximum atomic E-state index is 11.4. The van der Waals surface area contributed by atoms with Crippen molar-refractivity contribution in [3.63, 3.8) is 0 Å². The fraction of sp³-hybridized carbons (Fsp3) is 0.400. The molecule has 0 bridgehead atoms. The maximum Gasteiger partial charge on any atom is 0.183 e. The van der Waals surface area contributed by atoms with E-state index < -0.39 is 0 Å². The monoisotopic (exact) mass is 179 g/mol. The van der Waals surface area contributed by atoms with E-state index >= 15 is 0 Å². The number of carbonyl (C=O) groups is 2. The minimum absolute atomic E-state index is 0.0879. The van der Waals surface area contributed by atoms with Gasteiger partial charge in [0.2, 0.25) is 0 Å². The Bertz CT molecular complexity index is 311. The maximum absolute atomic E-state index is 11.4. The normalized spacial score (nSPS) is 17.5. The van der Waals surface area contributed by atoms with Crippen molar-refractivity contribution in [1.29, 1.82) is 0 Å². The molecule has 1 aliphatic rings. The number of hydrogen-bond acceptors (Lipinski definition) is 3. The lowest BCUT2D eigenvalue weighted by Crippen LogP contribution is -2.20. The van der Waals surface area contributed by atoms with E-state index in [0.29, 0.717) is 11.1 Å². The topological polar surface area (TPSA) is 60.2 Å². The largest absolute Gasteiger partial charge is 0.326 e. The van der Waals surface area contributed by atoms with Gasteiger partial charge in [-0.15, -0.1) is 0 Å². The van der Waals surface area contributed by atoms with E-state index in [4.69, 9.17) is 5.73 Å². The highest BCUT2D eigenvalue weighted by atomic mass is 16.1. The van der Waals surface area contributed by atoms with E-state index in [1.165, 1.54) is 12.2 Å². The molecule has 0 atom stereocenters. The van der Waals surface area contributed by atoms with E-state index in [1.807, 2.05) is 13.8 Å². The smallest absolute Gasteiger partial charge is 0.183 e. The zero-order valence-corrected chi connectivity index (χ0v) is 7.83. The van der Waals surface area contributed by atoms with Crippen LogP contribution in [0.4, 0.5) is 0 Å². The summed E-state index contributed by atoms with van der Waals surface area (Å²) in [6.45, 7) is 3.91. The van der Waals surface area contributed by atoms with Crippen LogP contribution >= 0.6 is 0 Å². The molecular weight excluding hydrogens is 166 g/mol. The highest BCUT2D eigenvalue weighted by Crippen LogP contribution is 2.17. The number of ketones is 2. The Kier molecular flexibility index (Phi) is 2.78. The molecule has 0 amide bonds. The molecule has 13 heavy (non-hydrogen) atoms. The Morgan fingerprint density at radius 2 is 1.85 bits per heavy atom. The average molecular weight is 179 g/mol. The molecule has 0 unspecified atom stereocenters. The van der Waals surface area contributed by atoms with Crippen LogP contribution in [0.1, 0.15) is 13.8 Å². The van der Waals surface area contributed by atoms with Gasteiger partial charge in [-0.3, -0.25) is 9.59 Å². The number of carbonyl (C=O) groups excluding carboxylic acids is 2. The van der Waals surface area contributed by atoms with Crippen LogP contribution in [-0.2, 0) is 9.59 Å². The van der Waals surface area contributed by atoms with Gasteiger partial charge in [0, 0.05) is 17.7 Å². The lowest BCUT2D eigenvalue weighted by Gasteiger charge is -2.13. The zero-order valence-electron chi connectivity index (χ0n) is 7.83. The first-order valence-corrected chi connectivity index (χ1v) is 4.27. The number of allylic oxidation sites excluding steroid dienone is 3. The second kappa shape index (κ2) is 3.66. The Labute approximate surface area is 77.3 Å². The number of nitrogens with two attached hydrogens (primary N) is 1. The van der Waals surface area contributed by atoms with E-state index in [1.54, 1.807) is 0 Å². The standard InChI is InChI=1S/C10H13NO2/c1-6(2)8-4-9(12)7(5-11)3-10(8)13/h3-4,6H,5,11H2,1-2H3. The summed E-state index contributed by atoms with van der Waals surface area (Å²) >= 11 is 0. The van der Waals surface area contributed by atoms with Crippen LogP contribution in [0.5, 0.6) is 0 Å². The van der Waals surface area contributed by atoms with Gasteiger partial charge in [-0.25, -0.2) is 0 Å². The molecule has 0 saturated carbocycles. The molecule has 0 aliphatic heterocycles. The van der Waals surface area contributed by atoms with Crippen LogP contribution in [0.2, 0.25) is 0 Å². The molecular formula is C10H13NO2. The molecule has 0 spiro atoms. The predicted molar refractivity (Wildman–Crippen MR) is 50.1 cm³/mol. The Morgan fingerprint density at radius 3 is 2.31 bits per heavy atom. The van der Waals surface area contributed by atoms with Crippen molar-refractivity contribution in [2.24, 2.45) is 11.7 Å². The highest BCUT2D eigenvalue weighted by molar-refractivity contribution is 6.20. The van der Waals surface area contributed by atoms with Crippen molar-refractivity contribution in [1.82, 2.24) is 0 Å². The third-order valence-corrected chi connectivity index (χ3v) is 2.03. The van der Waals surface area contributed by atoms with Crippen LogP contribution in [0.25, 0.3) is 0 Å². The van der Waals surface area contributed by atoms with Gasteiger partial charge in [-0.2, -0.15) is 0 Å². The molecule has 0 aromatic heterocycles. The van der Waals surface area contributed by atoms with E-state index in [-0.39, 0.29) is 24.0 Å². The Hall–Kier alpha value is -1.22. The van der Waals surface area contributed by atoms with Crippen molar-refractivity contribution in [2.45, 2.75) is 13.8 Å². The molecule has 0 aromatic rings. The van der Waals surface area contributed by atoms with Crippen molar-refractivity contribution in [3.8, 4) is 0 Å². The third-order valence-electron chi connectivity index (χ3n) is 2.03. The van der Waals surface area contributed by atoms with E-state index in [2.05, 4.69) is 0 Å². The van der Waals surface area contributed by atoms with Crippen molar-refractivity contribution in [2.75, 3.05) is 6.54 Å². The van der Waals surface area contributed by atoms with Gasteiger partial charge >= 0.3 is 0 Å². The number of rotatable bonds is 2. The lowest BCUT2D eigenvalue weighted by atomic mass is 9.90. The summed E-state index contributed by atoms with van der Waals surface area (Å²) < 4.78 is 0. The van der Waals surface area contributed by atoms with E-state index in [0.717, 1.165) is 0 Å². The van der Waals surface area contributed by atoms with Crippen molar-refractivity contribution in [3.05, 3.63) is 23.3 Å². The van der Waals surface area contributed by atoms with Crippen LogP contribution in [0.15, 0.2) is 23.3 Å². The first kappa shape index (κ1) is 9.86. The fourth-order valence-electron chi connectivity index (χ4n) is 1.23. The van der Waals surface area contributed by atoms with Crippen LogP contribution in [0.3, 0.4) is 0 Å². The summed E-state index contributed by atoms with van der Waals surface area (Å²) in [5.41, 5.74) is 6.28. The molecule has 2 N–H and O–H groups in total. The van der Waals surface area contributed by atoms with Gasteiger partial charge in [0.25, 0.3) is 0 Å². The quantitative estimate of drug-likeness (QED) is 0.632. The minimum Gasteiger partial charge on any atom is -0.326 e. The van der Waals surface area contributed by atoms with Crippen LogP contribution in [-0.4, -0.2) is 18.1 Å². The van der Waals surface area contributed by atoms with Gasteiger partial charge in [0.15, 0.2) is 11.6 Å². The highest BCUT2D eigenvalue weighted by Gasteiger charge is 2.20. The third kappa shape index (κ3) is 1.92. The van der Waals surface area contributed by atoms with Crippen LogP contribution in [0, 0.1) is 5.92 Å². The molecule has 1 rings (SSSR count). The summed E-state index contributed by atoms with van der Waals surface area (Å²) in [5, 5.41) is 0. The molecule has 3 nitrogen and oxygen atoms in total. The molecule has 3 heteroatoms.